The number of ether oxygens (including phenoxy) is 2. The molecule has 4 heteroatoms. The van der Waals surface area contributed by atoms with E-state index < -0.39 is 0 Å². The lowest BCUT2D eigenvalue weighted by Gasteiger charge is -2.29. The van der Waals surface area contributed by atoms with Crippen LogP contribution in [0.4, 0.5) is 0 Å². The van der Waals surface area contributed by atoms with E-state index in [9.17, 15) is 0 Å². The van der Waals surface area contributed by atoms with Crippen molar-refractivity contribution in [2.24, 2.45) is 5.92 Å². The van der Waals surface area contributed by atoms with Gasteiger partial charge in [-0.2, -0.15) is 0 Å². The van der Waals surface area contributed by atoms with E-state index in [4.69, 9.17) is 9.47 Å². The molecule has 110 valence electrons. The summed E-state index contributed by atoms with van der Waals surface area (Å²) in [6, 6.07) is 6.22. The molecule has 1 aromatic carbocycles. The molecule has 0 amide bonds. The first-order valence-corrected chi connectivity index (χ1v) is 7.59. The van der Waals surface area contributed by atoms with Crippen LogP contribution < -0.4 is 14.8 Å². The second kappa shape index (κ2) is 6.46. The van der Waals surface area contributed by atoms with Crippen LogP contribution in [0, 0.1) is 5.92 Å². The number of hydrogen-bond acceptors (Lipinski definition) is 4. The van der Waals surface area contributed by atoms with Gasteiger partial charge in [-0.3, -0.25) is 0 Å². The maximum atomic E-state index is 5.62. The third kappa shape index (κ3) is 3.44. The van der Waals surface area contributed by atoms with Gasteiger partial charge in [0, 0.05) is 13.1 Å². The van der Waals surface area contributed by atoms with Crippen LogP contribution in [0.1, 0.15) is 18.4 Å². The molecular formula is C16H24N2O2. The van der Waals surface area contributed by atoms with Crippen molar-refractivity contribution in [3.05, 3.63) is 23.8 Å². The van der Waals surface area contributed by atoms with Crippen LogP contribution in [0.15, 0.2) is 18.2 Å². The van der Waals surface area contributed by atoms with Gasteiger partial charge in [0.1, 0.15) is 13.2 Å². The Hall–Kier alpha value is -1.26. The molecule has 0 aliphatic carbocycles. The van der Waals surface area contributed by atoms with Crippen LogP contribution in [-0.2, 0) is 6.54 Å². The molecule has 4 nitrogen and oxygen atoms in total. The third-order valence-corrected chi connectivity index (χ3v) is 4.09. The minimum atomic E-state index is 0.651. The first-order chi connectivity index (χ1) is 9.81. The van der Waals surface area contributed by atoms with Crippen LogP contribution >= 0.6 is 0 Å². The second-order valence-electron chi connectivity index (χ2n) is 5.88. The van der Waals surface area contributed by atoms with Gasteiger partial charge in [-0.1, -0.05) is 6.07 Å². The molecule has 2 aliphatic rings. The number of rotatable bonds is 4. The molecule has 0 saturated carbocycles. The number of nitrogens with zero attached hydrogens (tertiary/aromatic N) is 1. The zero-order valence-electron chi connectivity index (χ0n) is 12.2. The summed E-state index contributed by atoms with van der Waals surface area (Å²) < 4.78 is 11.2. The fraction of sp³-hybridized carbons (Fsp3) is 0.625. The summed E-state index contributed by atoms with van der Waals surface area (Å²) >= 11 is 0. The lowest BCUT2D eigenvalue weighted by molar-refractivity contribution is 0.171. The Bertz CT molecular complexity index is 450. The molecule has 0 radical (unpaired) electrons. The molecule has 1 N–H and O–H groups in total. The Morgan fingerprint density at radius 2 is 2.10 bits per heavy atom. The number of likely N-dealkylation sites (tertiary alicyclic amines) is 1. The second-order valence-corrected chi connectivity index (χ2v) is 5.88. The maximum absolute atomic E-state index is 5.62. The smallest absolute Gasteiger partial charge is 0.161 e. The summed E-state index contributed by atoms with van der Waals surface area (Å²) in [6.07, 6.45) is 2.67. The van der Waals surface area contributed by atoms with Gasteiger partial charge in [0.15, 0.2) is 11.5 Å². The van der Waals surface area contributed by atoms with Crippen molar-refractivity contribution in [2.75, 3.05) is 39.9 Å². The summed E-state index contributed by atoms with van der Waals surface area (Å²) in [4.78, 5) is 2.43. The van der Waals surface area contributed by atoms with Crippen molar-refractivity contribution in [1.29, 1.82) is 0 Å². The molecule has 1 atom stereocenters. The van der Waals surface area contributed by atoms with Gasteiger partial charge >= 0.3 is 0 Å². The summed E-state index contributed by atoms with van der Waals surface area (Å²) in [7, 11) is 2.22. The number of nitrogens with one attached hydrogen (secondary N) is 1. The fourth-order valence-electron chi connectivity index (χ4n) is 3.06. The van der Waals surface area contributed by atoms with Gasteiger partial charge < -0.3 is 19.7 Å². The van der Waals surface area contributed by atoms with Gasteiger partial charge in [0.2, 0.25) is 0 Å². The number of hydrogen-bond donors (Lipinski definition) is 1. The highest BCUT2D eigenvalue weighted by Gasteiger charge is 2.16. The quantitative estimate of drug-likeness (QED) is 0.910. The molecule has 1 saturated heterocycles. The summed E-state index contributed by atoms with van der Waals surface area (Å²) in [6.45, 7) is 5.76. The van der Waals surface area contributed by atoms with Crippen molar-refractivity contribution in [2.45, 2.75) is 19.4 Å². The lowest BCUT2D eigenvalue weighted by Crippen LogP contribution is -2.37. The highest BCUT2D eigenvalue weighted by molar-refractivity contribution is 5.43. The largest absolute Gasteiger partial charge is 0.486 e. The molecule has 0 bridgehead atoms. The molecule has 0 spiro atoms. The van der Waals surface area contributed by atoms with E-state index in [0.717, 1.165) is 30.5 Å². The molecule has 1 fully saturated rings. The van der Waals surface area contributed by atoms with Gasteiger partial charge in [0.25, 0.3) is 0 Å². The van der Waals surface area contributed by atoms with Gasteiger partial charge in [-0.05, 0) is 56.6 Å². The molecular weight excluding hydrogens is 252 g/mol. The van der Waals surface area contributed by atoms with E-state index >= 15 is 0 Å². The third-order valence-electron chi connectivity index (χ3n) is 4.09. The van der Waals surface area contributed by atoms with Crippen LogP contribution in [0.2, 0.25) is 0 Å². The van der Waals surface area contributed by atoms with Crippen molar-refractivity contribution in [3.8, 4) is 11.5 Å². The molecule has 0 aromatic heterocycles. The number of piperidine rings is 1. The van der Waals surface area contributed by atoms with Gasteiger partial charge in [-0.15, -0.1) is 0 Å². The molecule has 20 heavy (non-hydrogen) atoms. The van der Waals surface area contributed by atoms with E-state index in [2.05, 4.69) is 29.4 Å². The van der Waals surface area contributed by atoms with Gasteiger partial charge in [0.05, 0.1) is 0 Å². The topological polar surface area (TPSA) is 33.7 Å². The zero-order valence-corrected chi connectivity index (χ0v) is 12.2. The first kappa shape index (κ1) is 13.7. The molecule has 2 heterocycles. The minimum Gasteiger partial charge on any atom is -0.486 e. The van der Waals surface area contributed by atoms with Crippen molar-refractivity contribution < 1.29 is 9.47 Å². The Morgan fingerprint density at radius 3 is 2.95 bits per heavy atom. The highest BCUT2D eigenvalue weighted by atomic mass is 16.6. The van der Waals surface area contributed by atoms with Crippen molar-refractivity contribution in [3.63, 3.8) is 0 Å². The molecule has 2 aliphatic heterocycles. The monoisotopic (exact) mass is 276 g/mol. The zero-order chi connectivity index (χ0) is 13.8. The van der Waals surface area contributed by atoms with Crippen LogP contribution in [-0.4, -0.2) is 44.8 Å². The van der Waals surface area contributed by atoms with Crippen LogP contribution in [0.5, 0.6) is 11.5 Å². The summed E-state index contributed by atoms with van der Waals surface area (Å²) in [5.41, 5.74) is 1.26. The molecule has 1 aromatic rings. The maximum Gasteiger partial charge on any atom is 0.161 e. The predicted octanol–water partition coefficient (Wildman–Crippen LogP) is 1.89. The first-order valence-electron chi connectivity index (χ1n) is 7.59. The fourth-order valence-corrected chi connectivity index (χ4v) is 3.06. The standard InChI is InChI=1S/C16H24N2O2/c1-18-6-2-3-14(12-18)11-17-10-13-4-5-15-16(9-13)20-8-7-19-15/h4-5,9,14,17H,2-3,6-8,10-12H2,1H3. The Kier molecular flexibility index (Phi) is 4.43. The Morgan fingerprint density at radius 1 is 1.25 bits per heavy atom. The number of fused-ring (bicyclic) bond motifs is 1. The Balaban J connectivity index is 1.48. The predicted molar refractivity (Wildman–Crippen MR) is 79.4 cm³/mol. The van der Waals surface area contributed by atoms with E-state index in [0.29, 0.717) is 13.2 Å². The normalized spacial score (nSPS) is 22.8. The Labute approximate surface area is 121 Å². The van der Waals surface area contributed by atoms with Crippen LogP contribution in [0.25, 0.3) is 0 Å². The number of benzene rings is 1. The summed E-state index contributed by atoms with van der Waals surface area (Å²) in [5, 5.41) is 3.58. The average Bonchev–Trinajstić information content (AvgIpc) is 2.47. The lowest BCUT2D eigenvalue weighted by atomic mass is 9.98. The van der Waals surface area contributed by atoms with E-state index in [1.807, 2.05) is 6.07 Å². The molecule has 3 rings (SSSR count). The minimum absolute atomic E-state index is 0.651. The molecule has 1 unspecified atom stereocenters. The van der Waals surface area contributed by atoms with E-state index in [1.165, 1.54) is 31.5 Å². The van der Waals surface area contributed by atoms with E-state index in [-0.39, 0.29) is 0 Å². The van der Waals surface area contributed by atoms with Crippen LogP contribution in [0.3, 0.4) is 0 Å². The van der Waals surface area contributed by atoms with E-state index in [1.54, 1.807) is 0 Å². The van der Waals surface area contributed by atoms with Crippen molar-refractivity contribution >= 4 is 0 Å². The average molecular weight is 276 g/mol. The van der Waals surface area contributed by atoms with Crippen molar-refractivity contribution in [1.82, 2.24) is 10.2 Å². The summed E-state index contributed by atoms with van der Waals surface area (Å²) in [5.74, 6) is 2.54. The SMILES string of the molecule is CN1CCCC(CNCc2ccc3c(c2)OCCO3)C1. The highest BCUT2D eigenvalue weighted by Crippen LogP contribution is 2.30. The van der Waals surface area contributed by atoms with Gasteiger partial charge in [-0.25, -0.2) is 0 Å².